The van der Waals surface area contributed by atoms with Gasteiger partial charge in [-0.15, -0.1) is 11.3 Å². The van der Waals surface area contributed by atoms with E-state index in [1.807, 2.05) is 48.8 Å². The van der Waals surface area contributed by atoms with Crippen LogP contribution in [0.1, 0.15) is 10.4 Å². The number of thiophene rings is 1. The standard InChI is InChI=1S/C19H19N3O3S/c1-14-10-20-21(11-14)13-19(23)22(12-16-3-2-8-26-16)15-4-5-17-18(9-15)25-7-6-24-17/h2-5,8-11H,6-7,12-13H2,1H3. The van der Waals surface area contributed by atoms with Gasteiger partial charge in [0.25, 0.3) is 0 Å². The molecule has 0 bridgehead atoms. The fraction of sp³-hybridized carbons (Fsp3) is 0.263. The average Bonchev–Trinajstić information content (AvgIpc) is 3.31. The highest BCUT2D eigenvalue weighted by atomic mass is 32.1. The molecule has 7 heteroatoms. The molecule has 2 aromatic heterocycles. The Hall–Kier alpha value is -2.80. The highest BCUT2D eigenvalue weighted by molar-refractivity contribution is 7.09. The zero-order valence-electron chi connectivity index (χ0n) is 14.4. The fourth-order valence-corrected chi connectivity index (χ4v) is 3.55. The molecule has 0 unspecified atom stereocenters. The number of fused-ring (bicyclic) bond motifs is 1. The van der Waals surface area contributed by atoms with Crippen LogP contribution in [0.5, 0.6) is 11.5 Å². The molecule has 0 fully saturated rings. The number of amides is 1. The lowest BCUT2D eigenvalue weighted by Gasteiger charge is -2.25. The van der Waals surface area contributed by atoms with Gasteiger partial charge in [0.05, 0.1) is 12.7 Å². The van der Waals surface area contributed by atoms with E-state index in [4.69, 9.17) is 9.47 Å². The lowest BCUT2D eigenvalue weighted by Crippen LogP contribution is -2.33. The molecule has 4 rings (SSSR count). The van der Waals surface area contributed by atoms with Crippen LogP contribution in [0.2, 0.25) is 0 Å². The zero-order valence-corrected chi connectivity index (χ0v) is 15.2. The topological polar surface area (TPSA) is 56.6 Å². The lowest BCUT2D eigenvalue weighted by atomic mass is 10.2. The number of ether oxygens (including phenoxy) is 2. The van der Waals surface area contributed by atoms with Gasteiger partial charge < -0.3 is 14.4 Å². The van der Waals surface area contributed by atoms with Gasteiger partial charge in [-0.3, -0.25) is 9.48 Å². The van der Waals surface area contributed by atoms with E-state index in [9.17, 15) is 4.79 Å². The molecule has 1 amide bonds. The molecule has 134 valence electrons. The minimum atomic E-state index is -0.0295. The Morgan fingerprint density at radius 1 is 1.27 bits per heavy atom. The smallest absolute Gasteiger partial charge is 0.249 e. The van der Waals surface area contributed by atoms with Gasteiger partial charge in [0.15, 0.2) is 11.5 Å². The second-order valence-electron chi connectivity index (χ2n) is 6.10. The molecular formula is C19H19N3O3S. The number of benzene rings is 1. The molecule has 0 N–H and O–H groups in total. The van der Waals surface area contributed by atoms with Crippen molar-refractivity contribution in [1.29, 1.82) is 0 Å². The van der Waals surface area contributed by atoms with Gasteiger partial charge in [0.1, 0.15) is 19.8 Å². The molecular weight excluding hydrogens is 350 g/mol. The van der Waals surface area contributed by atoms with Crippen LogP contribution in [-0.2, 0) is 17.9 Å². The van der Waals surface area contributed by atoms with E-state index in [0.29, 0.717) is 31.3 Å². The number of rotatable bonds is 5. The molecule has 6 nitrogen and oxygen atoms in total. The minimum Gasteiger partial charge on any atom is -0.486 e. The van der Waals surface area contributed by atoms with Crippen LogP contribution >= 0.6 is 11.3 Å². The first-order valence-electron chi connectivity index (χ1n) is 8.40. The Labute approximate surface area is 155 Å². The average molecular weight is 369 g/mol. The number of carbonyl (C=O) groups excluding carboxylic acids is 1. The summed E-state index contributed by atoms with van der Waals surface area (Å²) < 4.78 is 12.9. The Bertz CT molecular complexity index is 905. The second kappa shape index (κ2) is 7.21. The molecule has 1 aromatic carbocycles. The first-order chi connectivity index (χ1) is 12.7. The monoisotopic (exact) mass is 369 g/mol. The predicted molar refractivity (Wildman–Crippen MR) is 99.9 cm³/mol. The fourth-order valence-electron chi connectivity index (χ4n) is 2.86. The van der Waals surface area contributed by atoms with E-state index >= 15 is 0 Å². The van der Waals surface area contributed by atoms with Crippen LogP contribution in [0.15, 0.2) is 48.1 Å². The molecule has 0 spiro atoms. The summed E-state index contributed by atoms with van der Waals surface area (Å²) >= 11 is 1.63. The quantitative estimate of drug-likeness (QED) is 0.693. The molecule has 1 aliphatic heterocycles. The number of aromatic nitrogens is 2. The summed E-state index contributed by atoms with van der Waals surface area (Å²) in [7, 11) is 0. The summed E-state index contributed by atoms with van der Waals surface area (Å²) in [4.78, 5) is 15.9. The van der Waals surface area contributed by atoms with Crippen molar-refractivity contribution in [2.45, 2.75) is 20.0 Å². The molecule has 0 aliphatic carbocycles. The van der Waals surface area contributed by atoms with E-state index in [-0.39, 0.29) is 12.5 Å². The summed E-state index contributed by atoms with van der Waals surface area (Å²) in [6, 6.07) is 9.64. The third kappa shape index (κ3) is 3.57. The Morgan fingerprint density at radius 2 is 2.12 bits per heavy atom. The molecule has 0 radical (unpaired) electrons. The van der Waals surface area contributed by atoms with Gasteiger partial charge in [-0.05, 0) is 36.1 Å². The van der Waals surface area contributed by atoms with Crippen molar-refractivity contribution in [1.82, 2.24) is 9.78 Å². The Kier molecular flexibility index (Phi) is 4.62. The second-order valence-corrected chi connectivity index (χ2v) is 7.13. The molecule has 0 atom stereocenters. The lowest BCUT2D eigenvalue weighted by molar-refractivity contribution is -0.119. The minimum absolute atomic E-state index is 0.0295. The maximum atomic E-state index is 13.0. The molecule has 1 aliphatic rings. The Morgan fingerprint density at radius 3 is 2.85 bits per heavy atom. The van der Waals surface area contributed by atoms with Crippen molar-refractivity contribution in [3.05, 3.63) is 58.5 Å². The highest BCUT2D eigenvalue weighted by Gasteiger charge is 2.21. The van der Waals surface area contributed by atoms with Crippen LogP contribution in [0.4, 0.5) is 5.69 Å². The van der Waals surface area contributed by atoms with Crippen LogP contribution in [0.3, 0.4) is 0 Å². The zero-order chi connectivity index (χ0) is 17.9. The normalized spacial score (nSPS) is 12.8. The molecule has 0 saturated carbocycles. The summed E-state index contributed by atoms with van der Waals surface area (Å²) in [5, 5.41) is 6.24. The first-order valence-corrected chi connectivity index (χ1v) is 9.28. The predicted octanol–water partition coefficient (Wildman–Crippen LogP) is 3.26. The van der Waals surface area contributed by atoms with Crippen LogP contribution in [0, 0.1) is 6.92 Å². The van der Waals surface area contributed by atoms with Crippen molar-refractivity contribution in [2.75, 3.05) is 18.1 Å². The molecule has 26 heavy (non-hydrogen) atoms. The van der Waals surface area contributed by atoms with Crippen molar-refractivity contribution in [3.8, 4) is 11.5 Å². The van der Waals surface area contributed by atoms with Crippen molar-refractivity contribution < 1.29 is 14.3 Å². The largest absolute Gasteiger partial charge is 0.486 e. The number of nitrogens with zero attached hydrogens (tertiary/aromatic N) is 3. The van der Waals surface area contributed by atoms with Gasteiger partial charge in [-0.25, -0.2) is 0 Å². The Balaban J connectivity index is 1.62. The molecule has 3 heterocycles. The van der Waals surface area contributed by atoms with Crippen LogP contribution < -0.4 is 14.4 Å². The third-order valence-corrected chi connectivity index (χ3v) is 4.95. The summed E-state index contributed by atoms with van der Waals surface area (Å²) in [5.41, 5.74) is 1.82. The first kappa shape index (κ1) is 16.7. The SMILES string of the molecule is Cc1cnn(CC(=O)N(Cc2cccs2)c2ccc3c(c2)OCCO3)c1. The van der Waals surface area contributed by atoms with Gasteiger partial charge in [-0.2, -0.15) is 5.10 Å². The maximum absolute atomic E-state index is 13.0. The maximum Gasteiger partial charge on any atom is 0.249 e. The number of anilines is 1. The van der Waals surface area contributed by atoms with Crippen LogP contribution in [0.25, 0.3) is 0 Å². The third-order valence-electron chi connectivity index (χ3n) is 4.09. The number of carbonyl (C=O) groups is 1. The number of aryl methyl sites for hydroxylation is 1. The van der Waals surface area contributed by atoms with Crippen molar-refractivity contribution in [3.63, 3.8) is 0 Å². The van der Waals surface area contributed by atoms with E-state index in [0.717, 1.165) is 16.1 Å². The van der Waals surface area contributed by atoms with E-state index in [1.165, 1.54) is 0 Å². The van der Waals surface area contributed by atoms with Gasteiger partial charge in [-0.1, -0.05) is 6.07 Å². The van der Waals surface area contributed by atoms with Gasteiger partial charge in [0.2, 0.25) is 5.91 Å². The van der Waals surface area contributed by atoms with E-state index in [1.54, 1.807) is 27.1 Å². The molecule has 0 saturated heterocycles. The summed E-state index contributed by atoms with van der Waals surface area (Å²) in [6.45, 7) is 3.72. The summed E-state index contributed by atoms with van der Waals surface area (Å²) in [6.07, 6.45) is 3.62. The van der Waals surface area contributed by atoms with E-state index < -0.39 is 0 Å². The number of hydrogen-bond acceptors (Lipinski definition) is 5. The van der Waals surface area contributed by atoms with Crippen molar-refractivity contribution in [2.24, 2.45) is 0 Å². The molecule has 3 aromatic rings. The van der Waals surface area contributed by atoms with Crippen molar-refractivity contribution >= 4 is 22.9 Å². The number of hydrogen-bond donors (Lipinski definition) is 0. The van der Waals surface area contributed by atoms with Crippen LogP contribution in [-0.4, -0.2) is 28.9 Å². The van der Waals surface area contributed by atoms with Gasteiger partial charge in [0, 0.05) is 22.8 Å². The highest BCUT2D eigenvalue weighted by Crippen LogP contribution is 2.34. The van der Waals surface area contributed by atoms with E-state index in [2.05, 4.69) is 5.10 Å². The summed E-state index contributed by atoms with van der Waals surface area (Å²) in [5.74, 6) is 1.36. The van der Waals surface area contributed by atoms with Gasteiger partial charge >= 0.3 is 0 Å².